The number of anilines is 1. The molecule has 0 aliphatic rings. The Morgan fingerprint density at radius 3 is 2.00 bits per heavy atom. The Kier molecular flexibility index (Phi) is 4.77. The van der Waals surface area contributed by atoms with Gasteiger partial charge in [-0.2, -0.15) is 0 Å². The van der Waals surface area contributed by atoms with E-state index in [-0.39, 0.29) is 0 Å². The zero-order chi connectivity index (χ0) is 14.7. The molecule has 0 aliphatic carbocycles. The monoisotopic (exact) mass is 286 g/mol. The fraction of sp³-hybridized carbons (Fsp3) is 0.615. The molecule has 108 valence electrons. The van der Waals surface area contributed by atoms with Crippen LogP contribution in [0.2, 0.25) is 0 Å². The minimum atomic E-state index is -3.47. The van der Waals surface area contributed by atoms with E-state index in [4.69, 9.17) is 9.05 Å². The predicted octanol–water partition coefficient (Wildman–Crippen LogP) is 4.23. The maximum absolute atomic E-state index is 12.8. The number of aromatic nitrogens is 1. The van der Waals surface area contributed by atoms with Crippen LogP contribution in [-0.4, -0.2) is 16.2 Å². The Hall–Kier alpha value is -0.900. The summed E-state index contributed by atoms with van der Waals surface area (Å²) in [6, 6.07) is 3.51. The summed E-state index contributed by atoms with van der Waals surface area (Å²) in [6.07, 6.45) is 3.22. The van der Waals surface area contributed by atoms with Crippen molar-refractivity contribution in [2.45, 2.75) is 52.7 Å². The Morgan fingerprint density at radius 2 is 1.63 bits per heavy atom. The smallest absolute Gasteiger partial charge is 0.291 e. The summed E-state index contributed by atoms with van der Waals surface area (Å²) in [5, 5.41) is 2.82. The molecule has 0 amide bonds. The molecule has 0 bridgehead atoms. The van der Waals surface area contributed by atoms with E-state index in [9.17, 15) is 4.57 Å². The molecule has 0 spiro atoms. The first-order valence-electron chi connectivity index (χ1n) is 6.19. The molecule has 19 heavy (non-hydrogen) atoms. The summed E-state index contributed by atoms with van der Waals surface area (Å²) in [5.41, 5.74) is -0.578. The number of hydrogen-bond donors (Lipinski definition) is 1. The Balaban J connectivity index is 2.96. The molecule has 0 radical (unpaired) electrons. The van der Waals surface area contributed by atoms with Gasteiger partial charge in [0.25, 0.3) is 0 Å². The third kappa shape index (κ3) is 6.71. The number of rotatable bonds is 4. The van der Waals surface area contributed by atoms with Crippen molar-refractivity contribution in [3.8, 4) is 0 Å². The topological polar surface area (TPSA) is 60.5 Å². The number of hydrogen-bond acceptors (Lipinski definition) is 4. The second-order valence-electron chi connectivity index (χ2n) is 6.26. The van der Waals surface area contributed by atoms with Gasteiger partial charge in [0.2, 0.25) is 0 Å². The SMILES string of the molecule is CC(C)(C)OP(=O)(Nc1cccnc1)OC(C)(C)C. The van der Waals surface area contributed by atoms with Gasteiger partial charge >= 0.3 is 7.75 Å². The highest BCUT2D eigenvalue weighted by Crippen LogP contribution is 2.53. The van der Waals surface area contributed by atoms with E-state index in [1.54, 1.807) is 24.5 Å². The minimum Gasteiger partial charge on any atom is -0.291 e. The van der Waals surface area contributed by atoms with Gasteiger partial charge in [0.05, 0.1) is 23.1 Å². The molecule has 1 rings (SSSR count). The van der Waals surface area contributed by atoms with Gasteiger partial charge in [0.1, 0.15) is 0 Å². The standard InChI is InChI=1S/C13H23N2O3P/c1-12(2,3)17-19(16,18-13(4,5)6)15-11-8-7-9-14-10-11/h7-10H,1-6H3,(H,15,16). The van der Waals surface area contributed by atoms with Crippen molar-refractivity contribution in [1.82, 2.24) is 4.98 Å². The zero-order valence-corrected chi connectivity index (χ0v) is 13.3. The average Bonchev–Trinajstić information content (AvgIpc) is 2.11. The normalized spacial score (nSPS) is 13.4. The molecule has 0 atom stereocenters. The van der Waals surface area contributed by atoms with Gasteiger partial charge in [0, 0.05) is 6.20 Å². The van der Waals surface area contributed by atoms with E-state index in [0.29, 0.717) is 5.69 Å². The first-order chi connectivity index (χ1) is 8.49. The van der Waals surface area contributed by atoms with Gasteiger partial charge in [-0.1, -0.05) is 0 Å². The molecule has 0 saturated carbocycles. The van der Waals surface area contributed by atoms with Crippen molar-refractivity contribution in [2.24, 2.45) is 0 Å². The van der Waals surface area contributed by atoms with E-state index in [1.165, 1.54) is 0 Å². The molecule has 1 heterocycles. The van der Waals surface area contributed by atoms with Crippen LogP contribution in [0.25, 0.3) is 0 Å². The third-order valence-electron chi connectivity index (χ3n) is 1.72. The summed E-state index contributed by atoms with van der Waals surface area (Å²) >= 11 is 0. The Morgan fingerprint density at radius 1 is 1.11 bits per heavy atom. The van der Waals surface area contributed by atoms with Crippen LogP contribution in [-0.2, 0) is 13.6 Å². The van der Waals surface area contributed by atoms with Crippen molar-refractivity contribution < 1.29 is 13.6 Å². The maximum Gasteiger partial charge on any atom is 0.433 e. The van der Waals surface area contributed by atoms with Crippen LogP contribution < -0.4 is 5.09 Å². The molecule has 0 saturated heterocycles. The van der Waals surface area contributed by atoms with E-state index >= 15 is 0 Å². The first-order valence-corrected chi connectivity index (χ1v) is 7.73. The lowest BCUT2D eigenvalue weighted by Crippen LogP contribution is -2.26. The lowest BCUT2D eigenvalue weighted by molar-refractivity contribution is 0.0518. The summed E-state index contributed by atoms with van der Waals surface area (Å²) in [7, 11) is -3.47. The summed E-state index contributed by atoms with van der Waals surface area (Å²) in [4.78, 5) is 3.97. The average molecular weight is 286 g/mol. The highest BCUT2D eigenvalue weighted by Gasteiger charge is 2.35. The van der Waals surface area contributed by atoms with Gasteiger partial charge < -0.3 is 0 Å². The lowest BCUT2D eigenvalue weighted by Gasteiger charge is -2.32. The third-order valence-corrected chi connectivity index (χ3v) is 3.82. The first kappa shape index (κ1) is 16.2. The molecule has 1 N–H and O–H groups in total. The van der Waals surface area contributed by atoms with E-state index < -0.39 is 18.9 Å². The molecule has 6 heteroatoms. The van der Waals surface area contributed by atoms with Crippen molar-refractivity contribution in [3.63, 3.8) is 0 Å². The fourth-order valence-corrected chi connectivity index (χ4v) is 3.39. The van der Waals surface area contributed by atoms with Crippen LogP contribution in [0.15, 0.2) is 24.5 Å². The van der Waals surface area contributed by atoms with Gasteiger partial charge in [-0.3, -0.25) is 19.1 Å². The maximum atomic E-state index is 12.8. The van der Waals surface area contributed by atoms with Crippen molar-refractivity contribution in [1.29, 1.82) is 0 Å². The van der Waals surface area contributed by atoms with Gasteiger partial charge in [-0.25, -0.2) is 4.57 Å². The van der Waals surface area contributed by atoms with Gasteiger partial charge in [-0.05, 0) is 53.7 Å². The van der Waals surface area contributed by atoms with Crippen LogP contribution >= 0.6 is 7.75 Å². The largest absolute Gasteiger partial charge is 0.433 e. The van der Waals surface area contributed by atoms with Crippen LogP contribution in [0.1, 0.15) is 41.5 Å². The van der Waals surface area contributed by atoms with Crippen LogP contribution in [0, 0.1) is 0 Å². The van der Waals surface area contributed by atoms with Crippen molar-refractivity contribution >= 4 is 13.4 Å². The highest BCUT2D eigenvalue weighted by molar-refractivity contribution is 7.55. The second-order valence-corrected chi connectivity index (χ2v) is 7.84. The number of nitrogens with one attached hydrogen (secondary N) is 1. The quantitative estimate of drug-likeness (QED) is 0.839. The number of pyridine rings is 1. The minimum absolute atomic E-state index is 0.587. The van der Waals surface area contributed by atoms with Crippen molar-refractivity contribution in [3.05, 3.63) is 24.5 Å². The van der Waals surface area contributed by atoms with Crippen LogP contribution in [0.4, 0.5) is 5.69 Å². The van der Waals surface area contributed by atoms with Crippen LogP contribution in [0.3, 0.4) is 0 Å². The molecule has 0 aliphatic heterocycles. The van der Waals surface area contributed by atoms with Crippen LogP contribution in [0.5, 0.6) is 0 Å². The van der Waals surface area contributed by atoms with E-state index in [0.717, 1.165) is 0 Å². The molecule has 5 nitrogen and oxygen atoms in total. The molecular weight excluding hydrogens is 263 g/mol. The summed E-state index contributed by atoms with van der Waals surface area (Å²) in [5.74, 6) is 0. The molecule has 1 aromatic rings. The zero-order valence-electron chi connectivity index (χ0n) is 12.4. The van der Waals surface area contributed by atoms with Gasteiger partial charge in [-0.15, -0.1) is 0 Å². The van der Waals surface area contributed by atoms with Gasteiger partial charge in [0.15, 0.2) is 0 Å². The molecule has 0 aromatic carbocycles. The molecule has 1 aromatic heterocycles. The second kappa shape index (κ2) is 5.61. The van der Waals surface area contributed by atoms with E-state index in [1.807, 2.05) is 41.5 Å². The highest BCUT2D eigenvalue weighted by atomic mass is 31.2. The lowest BCUT2D eigenvalue weighted by atomic mass is 10.2. The van der Waals surface area contributed by atoms with Crippen molar-refractivity contribution in [2.75, 3.05) is 5.09 Å². The Labute approximate surface area is 115 Å². The Bertz CT molecular complexity index is 429. The summed E-state index contributed by atoms with van der Waals surface area (Å²) in [6.45, 7) is 11.0. The summed E-state index contributed by atoms with van der Waals surface area (Å²) < 4.78 is 24.0. The fourth-order valence-electron chi connectivity index (χ4n) is 1.37. The molecule has 0 fully saturated rings. The number of nitrogens with zero attached hydrogens (tertiary/aromatic N) is 1. The predicted molar refractivity (Wildman–Crippen MR) is 77.1 cm³/mol. The molecule has 0 unspecified atom stereocenters. The van der Waals surface area contributed by atoms with E-state index in [2.05, 4.69) is 10.1 Å². The molecular formula is C13H23N2O3P.